The van der Waals surface area contributed by atoms with E-state index < -0.39 is 18.0 Å². The number of amides is 2. The van der Waals surface area contributed by atoms with Crippen LogP contribution in [0.15, 0.2) is 30.3 Å². The van der Waals surface area contributed by atoms with Crippen LogP contribution in [0.5, 0.6) is 0 Å². The lowest BCUT2D eigenvalue weighted by molar-refractivity contribution is -0.144. The highest BCUT2D eigenvalue weighted by Gasteiger charge is 2.38. The van der Waals surface area contributed by atoms with Gasteiger partial charge in [0, 0.05) is 52.2 Å². The molecule has 0 aromatic heterocycles. The topological polar surface area (TPSA) is 90.4 Å². The second kappa shape index (κ2) is 9.05. The van der Waals surface area contributed by atoms with E-state index in [9.17, 15) is 19.5 Å². The van der Waals surface area contributed by atoms with Crippen LogP contribution in [0.1, 0.15) is 18.9 Å². The Balaban J connectivity index is 1.60. The Morgan fingerprint density at radius 3 is 2.32 bits per heavy atom. The molecule has 1 aromatic carbocycles. The summed E-state index contributed by atoms with van der Waals surface area (Å²) < 4.78 is 5.40. The van der Waals surface area contributed by atoms with Gasteiger partial charge in [-0.2, -0.15) is 0 Å². The van der Waals surface area contributed by atoms with E-state index in [4.69, 9.17) is 4.74 Å². The first-order chi connectivity index (χ1) is 13.4. The van der Waals surface area contributed by atoms with Crippen LogP contribution >= 0.6 is 0 Å². The molecule has 0 radical (unpaired) electrons. The summed E-state index contributed by atoms with van der Waals surface area (Å²) in [4.78, 5) is 41.2. The van der Waals surface area contributed by atoms with Gasteiger partial charge >= 0.3 is 12.1 Å². The number of carboxylic acid groups (broad SMARTS) is 1. The van der Waals surface area contributed by atoms with Gasteiger partial charge < -0.3 is 19.6 Å². The van der Waals surface area contributed by atoms with Crippen LogP contribution in [-0.4, -0.2) is 83.1 Å². The molecule has 0 bridgehead atoms. The molecule has 2 atom stereocenters. The number of carbonyl (C=O) groups excluding carboxylic acids is 2. The predicted octanol–water partition coefficient (Wildman–Crippen LogP) is 1.26. The zero-order valence-electron chi connectivity index (χ0n) is 16.1. The van der Waals surface area contributed by atoms with E-state index in [1.54, 1.807) is 11.8 Å². The van der Waals surface area contributed by atoms with Crippen molar-refractivity contribution in [1.82, 2.24) is 14.7 Å². The van der Waals surface area contributed by atoms with Crippen LogP contribution < -0.4 is 0 Å². The molecule has 2 fully saturated rings. The third-order valence-corrected chi connectivity index (χ3v) is 5.52. The number of hydrogen-bond donors (Lipinski definition) is 1. The Bertz CT molecular complexity index is 703. The second-order valence-electron chi connectivity index (χ2n) is 7.41. The molecule has 2 amide bonds. The fourth-order valence-electron chi connectivity index (χ4n) is 3.88. The Hall–Kier alpha value is -2.61. The van der Waals surface area contributed by atoms with Crippen molar-refractivity contribution in [3.8, 4) is 0 Å². The van der Waals surface area contributed by atoms with E-state index >= 15 is 0 Å². The number of carboxylic acids is 1. The van der Waals surface area contributed by atoms with Gasteiger partial charge in [0.25, 0.3) is 0 Å². The molecule has 2 aliphatic heterocycles. The minimum atomic E-state index is -0.895. The van der Waals surface area contributed by atoms with E-state index in [2.05, 4.69) is 4.90 Å². The third kappa shape index (κ3) is 5.01. The highest BCUT2D eigenvalue weighted by Crippen LogP contribution is 2.23. The number of benzene rings is 1. The van der Waals surface area contributed by atoms with Crippen molar-refractivity contribution in [1.29, 1.82) is 0 Å². The van der Waals surface area contributed by atoms with Crippen molar-refractivity contribution >= 4 is 18.0 Å². The maximum atomic E-state index is 12.5. The molecule has 8 nitrogen and oxygen atoms in total. The minimum Gasteiger partial charge on any atom is -0.481 e. The molecule has 0 saturated carbocycles. The number of rotatable bonds is 4. The number of piperazine rings is 1. The zero-order chi connectivity index (χ0) is 20.1. The Labute approximate surface area is 164 Å². The van der Waals surface area contributed by atoms with Crippen LogP contribution in [0.3, 0.4) is 0 Å². The fourth-order valence-corrected chi connectivity index (χ4v) is 3.88. The molecule has 3 rings (SSSR count). The van der Waals surface area contributed by atoms with Crippen LogP contribution in [0, 0.1) is 5.92 Å². The van der Waals surface area contributed by atoms with Gasteiger partial charge in [-0.05, 0) is 12.0 Å². The Morgan fingerprint density at radius 2 is 1.71 bits per heavy atom. The molecular formula is C20H27N3O5. The summed E-state index contributed by atoms with van der Waals surface area (Å²) in [6, 6.07) is 9.35. The second-order valence-corrected chi connectivity index (χ2v) is 7.41. The first-order valence-corrected chi connectivity index (χ1v) is 9.62. The SMILES string of the molecule is CC(=O)N1CCN([C@H]2C[C@H](C(=O)O)CN(C(=O)OCc3ccccc3)C2)CC1. The predicted molar refractivity (Wildman–Crippen MR) is 102 cm³/mol. The molecule has 0 unspecified atom stereocenters. The summed E-state index contributed by atoms with van der Waals surface area (Å²) in [5.74, 6) is -1.46. The number of piperidine rings is 1. The molecule has 1 aromatic rings. The average Bonchev–Trinajstić information content (AvgIpc) is 2.72. The smallest absolute Gasteiger partial charge is 0.410 e. The average molecular weight is 389 g/mol. The summed E-state index contributed by atoms with van der Waals surface area (Å²) >= 11 is 0. The van der Waals surface area contributed by atoms with Gasteiger partial charge in [-0.15, -0.1) is 0 Å². The van der Waals surface area contributed by atoms with Gasteiger partial charge in [-0.25, -0.2) is 4.79 Å². The van der Waals surface area contributed by atoms with Crippen molar-refractivity contribution in [3.63, 3.8) is 0 Å². The van der Waals surface area contributed by atoms with Crippen molar-refractivity contribution < 1.29 is 24.2 Å². The van der Waals surface area contributed by atoms with Gasteiger partial charge in [0.2, 0.25) is 5.91 Å². The largest absolute Gasteiger partial charge is 0.481 e. The van der Waals surface area contributed by atoms with Crippen LogP contribution in [0.4, 0.5) is 4.79 Å². The van der Waals surface area contributed by atoms with E-state index in [1.807, 2.05) is 30.3 Å². The van der Waals surface area contributed by atoms with Crippen LogP contribution in [-0.2, 0) is 20.9 Å². The molecule has 28 heavy (non-hydrogen) atoms. The molecule has 2 heterocycles. The van der Waals surface area contributed by atoms with Crippen molar-refractivity contribution in [2.45, 2.75) is 26.0 Å². The molecule has 152 valence electrons. The van der Waals surface area contributed by atoms with E-state index in [-0.39, 0.29) is 25.1 Å². The quantitative estimate of drug-likeness (QED) is 0.834. The molecule has 0 aliphatic carbocycles. The first kappa shape index (κ1) is 20.1. The molecule has 2 aliphatic rings. The zero-order valence-corrected chi connectivity index (χ0v) is 16.1. The molecule has 8 heteroatoms. The standard InChI is InChI=1S/C20H27N3O5/c1-15(24)21-7-9-22(10-8-21)18-11-17(19(25)26)12-23(13-18)20(27)28-14-16-5-3-2-4-6-16/h2-6,17-18H,7-14H2,1H3,(H,25,26)/t17-,18-/m0/s1. The summed E-state index contributed by atoms with van der Waals surface area (Å²) in [6.45, 7) is 4.94. The highest BCUT2D eigenvalue weighted by atomic mass is 16.6. The monoisotopic (exact) mass is 389 g/mol. The fraction of sp³-hybridized carbons (Fsp3) is 0.550. The van der Waals surface area contributed by atoms with Crippen LogP contribution in [0.25, 0.3) is 0 Å². The van der Waals surface area contributed by atoms with Crippen LogP contribution in [0.2, 0.25) is 0 Å². The van der Waals surface area contributed by atoms with Gasteiger partial charge in [0.05, 0.1) is 5.92 Å². The molecular weight excluding hydrogens is 362 g/mol. The molecule has 0 spiro atoms. The van der Waals surface area contributed by atoms with Gasteiger partial charge in [0.1, 0.15) is 6.61 Å². The van der Waals surface area contributed by atoms with Crippen molar-refractivity contribution in [2.24, 2.45) is 5.92 Å². The number of hydrogen-bond acceptors (Lipinski definition) is 5. The van der Waals surface area contributed by atoms with Crippen molar-refractivity contribution in [3.05, 3.63) is 35.9 Å². The number of nitrogens with zero attached hydrogens (tertiary/aromatic N) is 3. The van der Waals surface area contributed by atoms with E-state index in [1.165, 1.54) is 4.90 Å². The van der Waals surface area contributed by atoms with Gasteiger partial charge in [-0.1, -0.05) is 30.3 Å². The summed E-state index contributed by atoms with van der Waals surface area (Å²) in [7, 11) is 0. The Kier molecular flexibility index (Phi) is 6.51. The maximum absolute atomic E-state index is 12.5. The lowest BCUT2D eigenvalue weighted by Gasteiger charge is -2.44. The van der Waals surface area contributed by atoms with Gasteiger partial charge in [0.15, 0.2) is 0 Å². The van der Waals surface area contributed by atoms with Gasteiger partial charge in [-0.3, -0.25) is 14.5 Å². The lowest BCUT2D eigenvalue weighted by atomic mass is 9.93. The lowest BCUT2D eigenvalue weighted by Crippen LogP contribution is -2.58. The third-order valence-electron chi connectivity index (χ3n) is 5.52. The number of aliphatic carboxylic acids is 1. The summed E-state index contributed by atoms with van der Waals surface area (Å²) in [5, 5.41) is 9.53. The number of ether oxygens (including phenoxy) is 1. The number of carbonyl (C=O) groups is 3. The molecule has 1 N–H and O–H groups in total. The van der Waals surface area contributed by atoms with Crippen molar-refractivity contribution in [2.75, 3.05) is 39.3 Å². The Morgan fingerprint density at radius 1 is 1.04 bits per heavy atom. The van der Waals surface area contributed by atoms with E-state index in [0.29, 0.717) is 39.1 Å². The highest BCUT2D eigenvalue weighted by molar-refractivity contribution is 5.74. The first-order valence-electron chi connectivity index (χ1n) is 9.62. The maximum Gasteiger partial charge on any atom is 0.410 e. The minimum absolute atomic E-state index is 0.0479. The summed E-state index contributed by atoms with van der Waals surface area (Å²) in [6.07, 6.45) is 0.0138. The normalized spacial score (nSPS) is 23.3. The summed E-state index contributed by atoms with van der Waals surface area (Å²) in [5.41, 5.74) is 0.888. The number of likely N-dealkylation sites (tertiary alicyclic amines) is 1. The molecule has 2 saturated heterocycles. The van der Waals surface area contributed by atoms with E-state index in [0.717, 1.165) is 5.56 Å².